The molecule has 0 radical (unpaired) electrons. The number of hydrogen-bond acceptors (Lipinski definition) is 2. The lowest BCUT2D eigenvalue weighted by Crippen LogP contribution is -2.42. The fourth-order valence-corrected chi connectivity index (χ4v) is 3.23. The summed E-state index contributed by atoms with van der Waals surface area (Å²) in [5.74, 6) is 2.28. The molecule has 0 aliphatic heterocycles. The smallest absolute Gasteiger partial charge is 0.205 e. The van der Waals surface area contributed by atoms with Gasteiger partial charge >= 0.3 is 0 Å². The van der Waals surface area contributed by atoms with Crippen LogP contribution in [0.4, 0.5) is 0 Å². The zero-order valence-corrected chi connectivity index (χ0v) is 18.2. The van der Waals surface area contributed by atoms with Gasteiger partial charge in [0.05, 0.1) is 14.2 Å². The summed E-state index contributed by atoms with van der Waals surface area (Å²) in [5.41, 5.74) is 4.64. The summed E-state index contributed by atoms with van der Waals surface area (Å²) in [7, 11) is 3.37. The molecule has 30 heavy (non-hydrogen) atoms. The minimum Gasteiger partial charge on any atom is -0.497 e. The average molecular weight is 401 g/mol. The van der Waals surface area contributed by atoms with E-state index in [2.05, 4.69) is 85.2 Å². The van der Waals surface area contributed by atoms with Crippen molar-refractivity contribution in [2.24, 2.45) is 5.92 Å². The van der Waals surface area contributed by atoms with E-state index < -0.39 is 0 Å². The first-order valence-corrected chi connectivity index (χ1v) is 10.3. The van der Waals surface area contributed by atoms with Crippen LogP contribution in [0.1, 0.15) is 36.4 Å². The standard InChI is InChI=1S/C27H30NO2/c1-21(2)20-28-24(14-8-22-10-16-26(29-3)17-11-22)6-5-7-25(28)15-9-23-12-18-27(30-4)19-13-23/h5-19,21H,20H2,1-4H3/q+1/b14-8+,15-9+. The van der Waals surface area contributed by atoms with Crippen molar-refractivity contribution in [3.8, 4) is 11.5 Å². The summed E-state index contributed by atoms with van der Waals surface area (Å²) in [6, 6.07) is 22.6. The predicted molar refractivity (Wildman–Crippen MR) is 125 cm³/mol. The Kier molecular flexibility index (Phi) is 7.45. The van der Waals surface area contributed by atoms with Crippen LogP contribution in [0.25, 0.3) is 24.3 Å². The lowest BCUT2D eigenvalue weighted by molar-refractivity contribution is -0.705. The third-order valence-electron chi connectivity index (χ3n) is 4.83. The molecule has 0 aliphatic rings. The Balaban J connectivity index is 1.89. The normalized spacial score (nSPS) is 11.5. The van der Waals surface area contributed by atoms with Gasteiger partial charge in [0.15, 0.2) is 6.54 Å². The number of hydrogen-bond donors (Lipinski definition) is 0. The molecule has 0 fully saturated rings. The van der Waals surface area contributed by atoms with Crippen molar-refractivity contribution in [3.63, 3.8) is 0 Å². The third-order valence-corrected chi connectivity index (χ3v) is 4.83. The Bertz CT molecular complexity index is 924. The number of methoxy groups -OCH3 is 2. The summed E-state index contributed by atoms with van der Waals surface area (Å²) < 4.78 is 12.9. The van der Waals surface area contributed by atoms with Gasteiger partial charge in [0, 0.05) is 30.2 Å². The molecule has 1 heterocycles. The zero-order valence-electron chi connectivity index (χ0n) is 18.2. The first kappa shape index (κ1) is 21.4. The summed E-state index contributed by atoms with van der Waals surface area (Å²) >= 11 is 0. The van der Waals surface area contributed by atoms with Crippen LogP contribution in [0, 0.1) is 5.92 Å². The molecule has 3 heteroatoms. The van der Waals surface area contributed by atoms with E-state index in [1.165, 1.54) is 11.4 Å². The average Bonchev–Trinajstić information content (AvgIpc) is 2.77. The lowest BCUT2D eigenvalue weighted by atomic mass is 10.1. The quantitative estimate of drug-likeness (QED) is 0.434. The highest BCUT2D eigenvalue weighted by molar-refractivity contribution is 5.69. The number of rotatable bonds is 8. The van der Waals surface area contributed by atoms with Crippen LogP contribution < -0.4 is 14.0 Å². The SMILES string of the molecule is COc1ccc(/C=C/c2cccc(/C=C/c3ccc(OC)cc3)[n+]2CC(C)C)cc1. The van der Waals surface area contributed by atoms with E-state index in [0.717, 1.165) is 29.2 Å². The number of nitrogens with zero attached hydrogens (tertiary/aromatic N) is 1. The van der Waals surface area contributed by atoms with E-state index in [4.69, 9.17) is 9.47 Å². The van der Waals surface area contributed by atoms with Crippen molar-refractivity contribution in [2.45, 2.75) is 20.4 Å². The van der Waals surface area contributed by atoms with E-state index in [1.807, 2.05) is 24.3 Å². The molecule has 0 unspecified atom stereocenters. The first-order chi connectivity index (χ1) is 14.6. The van der Waals surface area contributed by atoms with Crippen LogP contribution in [-0.4, -0.2) is 14.2 Å². The highest BCUT2D eigenvalue weighted by atomic mass is 16.5. The van der Waals surface area contributed by atoms with Gasteiger partial charge in [-0.05, 0) is 53.6 Å². The van der Waals surface area contributed by atoms with Gasteiger partial charge in [-0.15, -0.1) is 0 Å². The van der Waals surface area contributed by atoms with Crippen LogP contribution in [0.3, 0.4) is 0 Å². The molecule has 0 atom stereocenters. The van der Waals surface area contributed by atoms with Crippen LogP contribution in [0.2, 0.25) is 0 Å². The first-order valence-electron chi connectivity index (χ1n) is 10.3. The Hall–Kier alpha value is -3.33. The molecule has 1 aromatic heterocycles. The molecule has 3 rings (SSSR count). The molecular weight excluding hydrogens is 370 g/mol. The molecule has 3 nitrogen and oxygen atoms in total. The van der Waals surface area contributed by atoms with Crippen LogP contribution in [0.15, 0.2) is 66.7 Å². The van der Waals surface area contributed by atoms with Crippen molar-refractivity contribution in [1.29, 1.82) is 0 Å². The summed E-state index contributed by atoms with van der Waals surface area (Å²) in [6.45, 7) is 5.44. The monoisotopic (exact) mass is 400 g/mol. The summed E-state index contributed by atoms with van der Waals surface area (Å²) in [4.78, 5) is 0. The zero-order chi connectivity index (χ0) is 21.3. The minimum atomic E-state index is 0.540. The van der Waals surface area contributed by atoms with Gasteiger partial charge in [0.2, 0.25) is 11.4 Å². The third kappa shape index (κ3) is 5.84. The molecule has 0 amide bonds. The molecule has 0 saturated heterocycles. The Labute approximate surface area is 179 Å². The van der Waals surface area contributed by atoms with Crippen molar-refractivity contribution < 1.29 is 14.0 Å². The van der Waals surface area contributed by atoms with Crippen LogP contribution in [0.5, 0.6) is 11.5 Å². The number of pyridine rings is 1. The Morgan fingerprint density at radius 3 is 1.47 bits per heavy atom. The fraction of sp³-hybridized carbons (Fsp3) is 0.222. The maximum atomic E-state index is 5.24. The molecule has 0 aliphatic carbocycles. The summed E-state index contributed by atoms with van der Waals surface area (Å²) in [5, 5.41) is 0. The largest absolute Gasteiger partial charge is 0.497 e. The molecular formula is C27H30NO2+. The fourth-order valence-electron chi connectivity index (χ4n) is 3.23. The van der Waals surface area contributed by atoms with Gasteiger partial charge in [0.25, 0.3) is 0 Å². The van der Waals surface area contributed by atoms with E-state index in [-0.39, 0.29) is 0 Å². The second-order valence-electron chi connectivity index (χ2n) is 7.59. The molecule has 0 saturated carbocycles. The van der Waals surface area contributed by atoms with Crippen molar-refractivity contribution in [1.82, 2.24) is 0 Å². The second kappa shape index (κ2) is 10.4. The van der Waals surface area contributed by atoms with Crippen molar-refractivity contribution >= 4 is 24.3 Å². The van der Waals surface area contributed by atoms with Gasteiger partial charge in [0.1, 0.15) is 11.5 Å². The predicted octanol–water partition coefficient (Wildman–Crippen LogP) is 5.99. The molecule has 0 bridgehead atoms. The highest BCUT2D eigenvalue weighted by Gasteiger charge is 2.14. The van der Waals surface area contributed by atoms with E-state index >= 15 is 0 Å². The Morgan fingerprint density at radius 1 is 0.667 bits per heavy atom. The Morgan fingerprint density at radius 2 is 1.10 bits per heavy atom. The van der Waals surface area contributed by atoms with Gasteiger partial charge in [-0.1, -0.05) is 38.1 Å². The maximum Gasteiger partial charge on any atom is 0.205 e. The molecule has 2 aromatic carbocycles. The van der Waals surface area contributed by atoms with E-state index in [0.29, 0.717) is 5.92 Å². The molecule has 0 N–H and O–H groups in total. The van der Waals surface area contributed by atoms with Gasteiger partial charge < -0.3 is 9.47 Å². The maximum absolute atomic E-state index is 5.24. The highest BCUT2D eigenvalue weighted by Crippen LogP contribution is 2.15. The molecule has 3 aromatic rings. The van der Waals surface area contributed by atoms with Gasteiger partial charge in [-0.25, -0.2) is 0 Å². The molecule has 154 valence electrons. The minimum absolute atomic E-state index is 0.540. The summed E-state index contributed by atoms with van der Waals surface area (Å²) in [6.07, 6.45) is 8.63. The second-order valence-corrected chi connectivity index (χ2v) is 7.59. The van der Waals surface area contributed by atoms with Crippen molar-refractivity contribution in [3.05, 3.63) is 89.2 Å². The van der Waals surface area contributed by atoms with E-state index in [9.17, 15) is 0 Å². The van der Waals surface area contributed by atoms with Crippen molar-refractivity contribution in [2.75, 3.05) is 14.2 Å². The number of benzene rings is 2. The van der Waals surface area contributed by atoms with Crippen LogP contribution >= 0.6 is 0 Å². The van der Waals surface area contributed by atoms with Gasteiger partial charge in [-0.2, -0.15) is 4.57 Å². The molecule has 0 spiro atoms. The van der Waals surface area contributed by atoms with Crippen LogP contribution in [-0.2, 0) is 6.54 Å². The van der Waals surface area contributed by atoms with Gasteiger partial charge in [-0.3, -0.25) is 0 Å². The lowest BCUT2D eigenvalue weighted by Gasteiger charge is -2.07. The number of ether oxygens (including phenoxy) is 2. The topological polar surface area (TPSA) is 22.3 Å². The number of aromatic nitrogens is 1. The van der Waals surface area contributed by atoms with E-state index in [1.54, 1.807) is 14.2 Å².